The van der Waals surface area contributed by atoms with Gasteiger partial charge in [0, 0.05) is 31.6 Å². The Morgan fingerprint density at radius 2 is 1.88 bits per heavy atom. The summed E-state index contributed by atoms with van der Waals surface area (Å²) in [6.45, 7) is 1.32. The Morgan fingerprint density at radius 1 is 1.24 bits per heavy atom. The van der Waals surface area contributed by atoms with Crippen molar-refractivity contribution in [3.8, 4) is 0 Å². The molecule has 0 aliphatic carbocycles. The van der Waals surface area contributed by atoms with Crippen LogP contribution in [0, 0.1) is 0 Å². The van der Waals surface area contributed by atoms with Crippen LogP contribution in [0.2, 0.25) is 0 Å². The first-order valence-electron chi connectivity index (χ1n) is 8.05. The smallest absolute Gasteiger partial charge is 0.253 e. The summed E-state index contributed by atoms with van der Waals surface area (Å²) in [5.74, 6) is 1.14. The molecule has 0 bridgehead atoms. The lowest BCUT2D eigenvalue weighted by Crippen LogP contribution is -2.38. The largest absolute Gasteiger partial charge is 0.339 e. The number of benzene rings is 1. The molecule has 1 aromatic heterocycles. The van der Waals surface area contributed by atoms with Crippen LogP contribution in [0.1, 0.15) is 34.9 Å². The molecule has 2 heterocycles. The summed E-state index contributed by atoms with van der Waals surface area (Å²) in [7, 11) is -1.83. The maximum atomic E-state index is 12.6. The minimum absolute atomic E-state index is 0.0374. The predicted molar refractivity (Wildman–Crippen MR) is 94.0 cm³/mol. The van der Waals surface area contributed by atoms with E-state index in [9.17, 15) is 13.2 Å². The Bertz CT molecular complexity index is 825. The lowest BCUT2D eigenvalue weighted by atomic mass is 9.95. The van der Waals surface area contributed by atoms with Crippen LogP contribution in [-0.4, -0.2) is 60.8 Å². The summed E-state index contributed by atoms with van der Waals surface area (Å²) in [6, 6.07) is 6.63. The zero-order valence-corrected chi connectivity index (χ0v) is 15.0. The first kappa shape index (κ1) is 17.4. The molecule has 1 aromatic carbocycles. The fraction of sp³-hybridized carbons (Fsp3) is 0.438. The minimum atomic E-state index is -3.31. The first-order valence-corrected chi connectivity index (χ1v) is 9.89. The minimum Gasteiger partial charge on any atom is -0.339 e. The first-order chi connectivity index (χ1) is 11.9. The second-order valence-electron chi connectivity index (χ2n) is 6.21. The number of amides is 1. The highest BCUT2D eigenvalue weighted by Crippen LogP contribution is 2.26. The van der Waals surface area contributed by atoms with Gasteiger partial charge in [-0.15, -0.1) is 0 Å². The number of likely N-dealkylation sites (tertiary alicyclic amines) is 1. The summed E-state index contributed by atoms with van der Waals surface area (Å²) in [4.78, 5) is 18.6. The van der Waals surface area contributed by atoms with Crippen molar-refractivity contribution in [1.82, 2.24) is 20.1 Å². The van der Waals surface area contributed by atoms with Gasteiger partial charge in [0.2, 0.25) is 10.0 Å². The quantitative estimate of drug-likeness (QED) is 0.880. The van der Waals surface area contributed by atoms with Gasteiger partial charge in [-0.05, 0) is 37.1 Å². The van der Waals surface area contributed by atoms with E-state index in [4.69, 9.17) is 0 Å². The molecule has 1 aliphatic rings. The number of nitrogens with one attached hydrogen (secondary N) is 1. The van der Waals surface area contributed by atoms with Crippen molar-refractivity contribution in [2.75, 3.05) is 30.7 Å². The van der Waals surface area contributed by atoms with Gasteiger partial charge in [0.15, 0.2) is 0 Å². The highest BCUT2D eigenvalue weighted by atomic mass is 32.2. The SMILES string of the molecule is CN(c1ccc(C(=O)N2CCC(c3ncn[nH]3)CC2)cc1)S(C)(=O)=O. The van der Waals surface area contributed by atoms with E-state index >= 15 is 0 Å². The Morgan fingerprint density at radius 3 is 2.40 bits per heavy atom. The summed E-state index contributed by atoms with van der Waals surface area (Å²) < 4.78 is 24.3. The summed E-state index contributed by atoms with van der Waals surface area (Å²) in [5, 5.41) is 6.77. The molecule has 134 valence electrons. The van der Waals surface area contributed by atoms with E-state index in [0.29, 0.717) is 30.3 Å². The normalized spacial score (nSPS) is 16.0. The molecule has 9 heteroatoms. The number of H-pyrrole nitrogens is 1. The number of nitrogens with zero attached hydrogens (tertiary/aromatic N) is 4. The Hall–Kier alpha value is -2.42. The topological polar surface area (TPSA) is 99.3 Å². The zero-order valence-electron chi connectivity index (χ0n) is 14.2. The van der Waals surface area contributed by atoms with Gasteiger partial charge in [-0.25, -0.2) is 13.4 Å². The molecule has 1 aliphatic heterocycles. The lowest BCUT2D eigenvalue weighted by molar-refractivity contribution is 0.0711. The van der Waals surface area contributed by atoms with Gasteiger partial charge in [0.25, 0.3) is 5.91 Å². The molecule has 1 N–H and O–H groups in total. The monoisotopic (exact) mass is 363 g/mol. The molecular formula is C16H21N5O3S. The number of hydrogen-bond acceptors (Lipinski definition) is 5. The number of carbonyl (C=O) groups excluding carboxylic acids is 1. The van der Waals surface area contributed by atoms with Crippen molar-refractivity contribution in [3.63, 3.8) is 0 Å². The van der Waals surface area contributed by atoms with Crippen LogP contribution >= 0.6 is 0 Å². The van der Waals surface area contributed by atoms with E-state index in [-0.39, 0.29) is 5.91 Å². The molecule has 0 saturated carbocycles. The molecule has 0 unspecified atom stereocenters. The van der Waals surface area contributed by atoms with Gasteiger partial charge in [-0.2, -0.15) is 5.10 Å². The van der Waals surface area contributed by atoms with Gasteiger partial charge in [-0.1, -0.05) is 0 Å². The van der Waals surface area contributed by atoms with Crippen molar-refractivity contribution in [2.24, 2.45) is 0 Å². The molecule has 2 aromatic rings. The summed E-state index contributed by atoms with van der Waals surface area (Å²) in [6.07, 6.45) is 4.33. The third-order valence-electron chi connectivity index (χ3n) is 4.58. The van der Waals surface area contributed by atoms with E-state index < -0.39 is 10.0 Å². The maximum absolute atomic E-state index is 12.6. The fourth-order valence-corrected chi connectivity index (χ4v) is 3.46. The van der Waals surface area contributed by atoms with Crippen molar-refractivity contribution in [1.29, 1.82) is 0 Å². The second-order valence-corrected chi connectivity index (χ2v) is 8.23. The Labute approximate surface area is 146 Å². The Balaban J connectivity index is 1.64. The summed E-state index contributed by atoms with van der Waals surface area (Å²) in [5.41, 5.74) is 1.09. The van der Waals surface area contributed by atoms with Crippen LogP contribution in [0.4, 0.5) is 5.69 Å². The number of rotatable bonds is 4. The number of sulfonamides is 1. The molecule has 25 heavy (non-hydrogen) atoms. The predicted octanol–water partition coefficient (Wildman–Crippen LogP) is 1.22. The molecule has 0 radical (unpaired) electrons. The van der Waals surface area contributed by atoms with Crippen LogP contribution < -0.4 is 4.31 Å². The third-order valence-corrected chi connectivity index (χ3v) is 5.78. The van der Waals surface area contributed by atoms with Crippen LogP contribution in [0.15, 0.2) is 30.6 Å². The fourth-order valence-electron chi connectivity index (χ4n) is 2.96. The van der Waals surface area contributed by atoms with Crippen LogP contribution in [0.25, 0.3) is 0 Å². The summed E-state index contributed by atoms with van der Waals surface area (Å²) >= 11 is 0. The molecule has 0 atom stereocenters. The van der Waals surface area contributed by atoms with Crippen molar-refractivity contribution in [2.45, 2.75) is 18.8 Å². The van der Waals surface area contributed by atoms with Crippen molar-refractivity contribution in [3.05, 3.63) is 42.0 Å². The van der Waals surface area contributed by atoms with E-state index in [1.54, 1.807) is 24.3 Å². The molecule has 8 nitrogen and oxygen atoms in total. The average molecular weight is 363 g/mol. The maximum Gasteiger partial charge on any atom is 0.253 e. The number of anilines is 1. The van der Waals surface area contributed by atoms with E-state index in [2.05, 4.69) is 15.2 Å². The number of aromatic nitrogens is 3. The standard InChI is InChI=1S/C16H21N5O3S/c1-20(25(2,23)24)14-5-3-13(4-6-14)16(22)21-9-7-12(8-10-21)15-17-11-18-19-15/h3-6,11-12H,7-10H2,1-2H3,(H,17,18,19). The van der Waals surface area contributed by atoms with Crippen LogP contribution in [-0.2, 0) is 10.0 Å². The van der Waals surface area contributed by atoms with Crippen LogP contribution in [0.3, 0.4) is 0 Å². The molecule has 3 rings (SSSR count). The highest BCUT2D eigenvalue weighted by Gasteiger charge is 2.26. The van der Waals surface area contributed by atoms with Crippen LogP contribution in [0.5, 0.6) is 0 Å². The second kappa shape index (κ2) is 6.83. The lowest BCUT2D eigenvalue weighted by Gasteiger charge is -2.31. The Kier molecular flexibility index (Phi) is 4.76. The van der Waals surface area contributed by atoms with E-state index in [1.807, 2.05) is 4.90 Å². The average Bonchev–Trinajstić information content (AvgIpc) is 3.14. The number of piperidine rings is 1. The van der Waals surface area contributed by atoms with E-state index in [1.165, 1.54) is 17.7 Å². The zero-order chi connectivity index (χ0) is 18.0. The molecule has 1 saturated heterocycles. The molecule has 1 amide bonds. The van der Waals surface area contributed by atoms with Gasteiger partial charge in [0.05, 0.1) is 11.9 Å². The number of carbonyl (C=O) groups is 1. The van der Waals surface area contributed by atoms with Crippen molar-refractivity contribution < 1.29 is 13.2 Å². The number of aromatic amines is 1. The van der Waals surface area contributed by atoms with Gasteiger partial charge in [-0.3, -0.25) is 14.2 Å². The van der Waals surface area contributed by atoms with Crippen molar-refractivity contribution >= 4 is 21.6 Å². The molecule has 0 spiro atoms. The third kappa shape index (κ3) is 3.81. The van der Waals surface area contributed by atoms with Gasteiger partial charge >= 0.3 is 0 Å². The van der Waals surface area contributed by atoms with E-state index in [0.717, 1.165) is 24.9 Å². The highest BCUT2D eigenvalue weighted by molar-refractivity contribution is 7.92. The van der Waals surface area contributed by atoms with Gasteiger partial charge < -0.3 is 4.90 Å². The molecular weight excluding hydrogens is 342 g/mol. The van der Waals surface area contributed by atoms with Gasteiger partial charge in [0.1, 0.15) is 12.2 Å². The number of hydrogen-bond donors (Lipinski definition) is 1. The molecule has 1 fully saturated rings.